The number of aryl methyl sites for hydroxylation is 1. The summed E-state index contributed by atoms with van der Waals surface area (Å²) in [5.41, 5.74) is 3.87. The molecule has 3 aromatic carbocycles. The Morgan fingerprint density at radius 3 is 2.35 bits per heavy atom. The van der Waals surface area contributed by atoms with Gasteiger partial charge >= 0.3 is 5.97 Å². The second kappa shape index (κ2) is 9.10. The van der Waals surface area contributed by atoms with Gasteiger partial charge in [-0.3, -0.25) is 0 Å². The van der Waals surface area contributed by atoms with Crippen molar-refractivity contribution in [1.29, 1.82) is 0 Å². The fourth-order valence-corrected chi connectivity index (χ4v) is 3.47. The van der Waals surface area contributed by atoms with E-state index >= 15 is 0 Å². The van der Waals surface area contributed by atoms with Crippen molar-refractivity contribution in [3.8, 4) is 34.9 Å². The lowest BCUT2D eigenvalue weighted by Crippen LogP contribution is -2.06. The van der Waals surface area contributed by atoms with Crippen molar-refractivity contribution in [1.82, 2.24) is 14.8 Å². The lowest BCUT2D eigenvalue weighted by molar-refractivity contribution is 0.0697. The van der Waals surface area contributed by atoms with Crippen LogP contribution < -0.4 is 0 Å². The van der Waals surface area contributed by atoms with Crippen LogP contribution in [0.3, 0.4) is 0 Å². The van der Waals surface area contributed by atoms with Crippen LogP contribution in [0.1, 0.15) is 28.2 Å². The van der Waals surface area contributed by atoms with Gasteiger partial charge in [0.1, 0.15) is 5.82 Å². The Bertz CT molecular complexity index is 1240. The smallest absolute Gasteiger partial charge is 0.336 e. The number of aromatic nitrogens is 3. The van der Waals surface area contributed by atoms with Gasteiger partial charge in [0.05, 0.1) is 12.1 Å². The predicted molar refractivity (Wildman–Crippen MR) is 121 cm³/mol. The summed E-state index contributed by atoms with van der Waals surface area (Å²) >= 11 is 0. The molecule has 4 rings (SSSR count). The lowest BCUT2D eigenvalue weighted by atomic mass is 9.98. The maximum atomic E-state index is 11.5. The zero-order valence-corrected chi connectivity index (χ0v) is 16.9. The number of hydrogen-bond acceptors (Lipinski definition) is 3. The highest BCUT2D eigenvalue weighted by atomic mass is 16.4. The number of hydrogen-bond donors (Lipinski definition) is 1. The summed E-state index contributed by atoms with van der Waals surface area (Å²) in [6, 6.07) is 24.7. The van der Waals surface area contributed by atoms with Crippen LogP contribution in [0.15, 0.2) is 78.9 Å². The molecule has 0 unspecified atom stereocenters. The molecule has 0 amide bonds. The van der Waals surface area contributed by atoms with Crippen molar-refractivity contribution >= 4 is 5.97 Å². The molecule has 5 heteroatoms. The molecular weight excluding hydrogens is 386 g/mol. The summed E-state index contributed by atoms with van der Waals surface area (Å²) in [5.74, 6) is 3.25. The van der Waals surface area contributed by atoms with Crippen molar-refractivity contribution in [2.24, 2.45) is 0 Å². The molecule has 1 heterocycles. The van der Waals surface area contributed by atoms with Gasteiger partial charge in [0.15, 0.2) is 5.82 Å². The third-order valence-electron chi connectivity index (χ3n) is 5.03. The van der Waals surface area contributed by atoms with Crippen LogP contribution in [-0.4, -0.2) is 25.8 Å². The Balaban J connectivity index is 1.61. The molecule has 0 spiro atoms. The summed E-state index contributed by atoms with van der Waals surface area (Å²) in [6.07, 6.45) is 6.63. The molecule has 4 aromatic rings. The molecule has 31 heavy (non-hydrogen) atoms. The average Bonchev–Trinajstić information content (AvgIpc) is 3.21. The second-order valence-electron chi connectivity index (χ2n) is 7.12. The number of aromatic carboxylic acids is 1. The maximum absolute atomic E-state index is 11.5. The molecule has 0 aliphatic heterocycles. The molecule has 5 nitrogen and oxygen atoms in total. The van der Waals surface area contributed by atoms with Crippen LogP contribution >= 0.6 is 0 Å². The Kier molecular flexibility index (Phi) is 5.91. The third kappa shape index (κ3) is 4.54. The molecule has 0 saturated carbocycles. The second-order valence-corrected chi connectivity index (χ2v) is 7.12. The average molecular weight is 407 g/mol. The zero-order valence-electron chi connectivity index (χ0n) is 16.9. The van der Waals surface area contributed by atoms with Gasteiger partial charge in [-0.25, -0.2) is 14.5 Å². The number of rotatable bonds is 7. The van der Waals surface area contributed by atoms with Crippen LogP contribution in [-0.2, 0) is 13.0 Å². The molecule has 152 valence electrons. The van der Waals surface area contributed by atoms with Crippen molar-refractivity contribution < 1.29 is 9.90 Å². The van der Waals surface area contributed by atoms with Gasteiger partial charge in [-0.15, -0.1) is 12.3 Å². The van der Waals surface area contributed by atoms with Crippen molar-refractivity contribution in [3.05, 3.63) is 95.8 Å². The first-order valence-corrected chi connectivity index (χ1v) is 10.00. The molecule has 0 saturated heterocycles. The van der Waals surface area contributed by atoms with E-state index in [-0.39, 0.29) is 5.56 Å². The molecule has 0 bridgehead atoms. The Morgan fingerprint density at radius 1 is 0.935 bits per heavy atom. The fraction of sp³-hybridized carbons (Fsp3) is 0.115. The van der Waals surface area contributed by atoms with E-state index in [4.69, 9.17) is 11.4 Å². The molecule has 0 fully saturated rings. The summed E-state index contributed by atoms with van der Waals surface area (Å²) in [7, 11) is 0. The standard InChI is InChI=1S/C26H21N3O2/c1-2-3-17-29-24(27-25(28-29)21-9-5-4-6-10-21)18-19-13-15-20(16-14-19)22-11-7-8-12-23(22)26(30)31/h1,4-16H,3,17-18H2,(H,30,31). The van der Waals surface area contributed by atoms with E-state index in [2.05, 4.69) is 11.0 Å². The van der Waals surface area contributed by atoms with Gasteiger partial charge < -0.3 is 5.11 Å². The van der Waals surface area contributed by atoms with Crippen LogP contribution in [0.25, 0.3) is 22.5 Å². The van der Waals surface area contributed by atoms with E-state index < -0.39 is 5.97 Å². The first-order chi connectivity index (χ1) is 15.2. The van der Waals surface area contributed by atoms with E-state index in [1.54, 1.807) is 12.1 Å². The van der Waals surface area contributed by atoms with Gasteiger partial charge in [-0.2, -0.15) is 5.10 Å². The van der Waals surface area contributed by atoms with Crippen molar-refractivity contribution in [2.45, 2.75) is 19.4 Å². The molecule has 0 atom stereocenters. The van der Waals surface area contributed by atoms with Crippen LogP contribution in [0.4, 0.5) is 0 Å². The van der Waals surface area contributed by atoms with E-state index in [0.717, 1.165) is 22.5 Å². The van der Waals surface area contributed by atoms with Gasteiger partial charge in [0.25, 0.3) is 0 Å². The minimum absolute atomic E-state index is 0.289. The molecule has 1 N–H and O–H groups in total. The largest absolute Gasteiger partial charge is 0.478 e. The summed E-state index contributed by atoms with van der Waals surface area (Å²) in [5, 5.41) is 14.1. The minimum atomic E-state index is -0.935. The zero-order chi connectivity index (χ0) is 21.6. The van der Waals surface area contributed by atoms with Gasteiger partial charge in [0.2, 0.25) is 0 Å². The number of terminal acetylenes is 1. The van der Waals surface area contributed by atoms with Crippen LogP contribution in [0.5, 0.6) is 0 Å². The number of carbonyl (C=O) groups is 1. The highest BCUT2D eigenvalue weighted by Gasteiger charge is 2.13. The first-order valence-electron chi connectivity index (χ1n) is 10.00. The highest BCUT2D eigenvalue weighted by molar-refractivity contribution is 5.95. The number of benzene rings is 3. The highest BCUT2D eigenvalue weighted by Crippen LogP contribution is 2.25. The van der Waals surface area contributed by atoms with Crippen molar-refractivity contribution in [3.63, 3.8) is 0 Å². The van der Waals surface area contributed by atoms with Gasteiger partial charge in [0, 0.05) is 18.4 Å². The molecule has 0 aliphatic rings. The topological polar surface area (TPSA) is 68.0 Å². The summed E-state index contributed by atoms with van der Waals surface area (Å²) in [6.45, 7) is 0.607. The lowest BCUT2D eigenvalue weighted by Gasteiger charge is -2.08. The molecule has 0 aliphatic carbocycles. The normalized spacial score (nSPS) is 10.5. The first kappa shape index (κ1) is 20.1. The maximum Gasteiger partial charge on any atom is 0.336 e. The number of nitrogens with zero attached hydrogens (tertiary/aromatic N) is 3. The Labute approximate surface area is 181 Å². The number of carboxylic acids is 1. The van der Waals surface area contributed by atoms with Gasteiger partial charge in [-0.05, 0) is 22.8 Å². The third-order valence-corrected chi connectivity index (χ3v) is 5.03. The molecule has 0 radical (unpaired) electrons. The minimum Gasteiger partial charge on any atom is -0.478 e. The quantitative estimate of drug-likeness (QED) is 0.441. The SMILES string of the molecule is C#CCCn1nc(-c2ccccc2)nc1Cc1ccc(-c2ccccc2C(=O)O)cc1. The molecule has 1 aromatic heterocycles. The van der Waals surface area contributed by atoms with E-state index in [1.807, 2.05) is 71.4 Å². The predicted octanol–water partition coefficient (Wildman–Crippen LogP) is 4.92. The molecular formula is C26H21N3O2. The van der Waals surface area contributed by atoms with Crippen LogP contribution in [0.2, 0.25) is 0 Å². The van der Waals surface area contributed by atoms with Crippen molar-refractivity contribution in [2.75, 3.05) is 0 Å². The van der Waals surface area contributed by atoms with Crippen LogP contribution in [0, 0.1) is 12.3 Å². The summed E-state index contributed by atoms with van der Waals surface area (Å²) < 4.78 is 1.87. The number of carboxylic acid groups (broad SMARTS) is 1. The monoisotopic (exact) mass is 407 g/mol. The van der Waals surface area contributed by atoms with E-state index in [1.165, 1.54) is 0 Å². The summed E-state index contributed by atoms with van der Waals surface area (Å²) in [4.78, 5) is 16.3. The Hall–Kier alpha value is -4.17. The van der Waals surface area contributed by atoms with Gasteiger partial charge in [-0.1, -0.05) is 72.8 Å². The fourth-order valence-electron chi connectivity index (χ4n) is 3.47. The van der Waals surface area contributed by atoms with E-state index in [9.17, 15) is 9.90 Å². The van der Waals surface area contributed by atoms with E-state index in [0.29, 0.717) is 30.8 Å². The Morgan fingerprint density at radius 2 is 1.65 bits per heavy atom.